The van der Waals surface area contributed by atoms with Gasteiger partial charge in [-0.1, -0.05) is 23.8 Å². The van der Waals surface area contributed by atoms with E-state index in [-0.39, 0.29) is 18.2 Å². The zero-order valence-corrected chi connectivity index (χ0v) is 6.79. The van der Waals surface area contributed by atoms with Crippen LogP contribution in [0.15, 0.2) is 23.8 Å². The highest BCUT2D eigenvalue weighted by molar-refractivity contribution is 5.86. The topological polar surface area (TPSA) is 55.1 Å². The number of Topliss-reactive ketones (excluding diaryl/α,β-unsaturated/α-hetero) is 1. The number of allylic oxidation sites excluding steroid dienone is 4. The van der Waals surface area contributed by atoms with Crippen molar-refractivity contribution in [3.8, 4) is 0 Å². The van der Waals surface area contributed by atoms with E-state index in [4.69, 9.17) is 5.84 Å². The second-order valence-electron chi connectivity index (χ2n) is 3.34. The largest absolute Gasteiger partial charge is 0.298 e. The first kappa shape index (κ1) is 7.71. The van der Waals surface area contributed by atoms with Crippen molar-refractivity contribution in [2.45, 2.75) is 6.42 Å². The maximum atomic E-state index is 11.4. The third kappa shape index (κ3) is 1.11. The Kier molecular flexibility index (Phi) is 1.83. The average Bonchev–Trinajstić information content (AvgIpc) is 2.64. The van der Waals surface area contributed by atoms with Crippen LogP contribution in [0.5, 0.6) is 0 Å². The molecule has 0 heterocycles. The van der Waals surface area contributed by atoms with E-state index < -0.39 is 0 Å². The summed E-state index contributed by atoms with van der Waals surface area (Å²) >= 11 is 0. The molecule has 0 amide bonds. The fraction of sp³-hybridized carbons (Fsp3) is 0.444. The van der Waals surface area contributed by atoms with Crippen LogP contribution in [0.4, 0.5) is 0 Å². The summed E-state index contributed by atoms with van der Waals surface area (Å²) in [6, 6.07) is 0. The number of hydrogen-bond acceptors (Lipinski definition) is 3. The van der Waals surface area contributed by atoms with Gasteiger partial charge in [0.2, 0.25) is 0 Å². The van der Waals surface area contributed by atoms with Crippen LogP contribution < -0.4 is 11.3 Å². The number of fused-ring (bicyclic) bond motifs is 2. The monoisotopic (exact) mass is 164 g/mol. The van der Waals surface area contributed by atoms with Crippen molar-refractivity contribution in [1.29, 1.82) is 0 Å². The van der Waals surface area contributed by atoms with E-state index in [9.17, 15) is 4.79 Å². The van der Waals surface area contributed by atoms with E-state index in [2.05, 4.69) is 23.7 Å². The minimum Gasteiger partial charge on any atom is -0.298 e. The predicted molar refractivity (Wildman–Crippen MR) is 46.0 cm³/mol. The molecule has 0 saturated carbocycles. The molecular weight excluding hydrogens is 152 g/mol. The molecule has 0 fully saturated rings. The lowest BCUT2D eigenvalue weighted by Crippen LogP contribution is -2.33. The lowest BCUT2D eigenvalue weighted by molar-refractivity contribution is -0.121. The van der Waals surface area contributed by atoms with Crippen LogP contribution >= 0.6 is 0 Å². The highest BCUT2D eigenvalue weighted by atomic mass is 16.1. The molecule has 64 valence electrons. The molecule has 0 radical (unpaired) electrons. The fourth-order valence-electron chi connectivity index (χ4n) is 1.93. The molecule has 2 unspecified atom stereocenters. The summed E-state index contributed by atoms with van der Waals surface area (Å²) < 4.78 is 0. The first-order valence-electron chi connectivity index (χ1n) is 4.16. The molecule has 0 aromatic heterocycles. The summed E-state index contributed by atoms with van der Waals surface area (Å²) in [6.45, 7) is 0.277. The van der Waals surface area contributed by atoms with Gasteiger partial charge in [0.25, 0.3) is 0 Å². The Morgan fingerprint density at radius 1 is 1.75 bits per heavy atom. The molecule has 0 aliphatic heterocycles. The number of nitrogens with one attached hydrogen (secondary N) is 1. The summed E-state index contributed by atoms with van der Waals surface area (Å²) in [5.41, 5.74) is 3.70. The lowest BCUT2D eigenvalue weighted by Gasteiger charge is -2.13. The molecule has 2 aliphatic carbocycles. The van der Waals surface area contributed by atoms with Gasteiger partial charge < -0.3 is 0 Å². The first-order valence-corrected chi connectivity index (χ1v) is 4.16. The van der Waals surface area contributed by atoms with Crippen LogP contribution in [0, 0.1) is 11.8 Å². The number of hydrazine groups is 1. The average molecular weight is 164 g/mol. The molecule has 3 heteroatoms. The second-order valence-corrected chi connectivity index (χ2v) is 3.34. The smallest absolute Gasteiger partial charge is 0.155 e. The van der Waals surface area contributed by atoms with Gasteiger partial charge in [-0.25, -0.2) is 0 Å². The molecule has 2 bridgehead atoms. The number of carbonyl (C=O) groups is 1. The Bertz CT molecular complexity index is 268. The van der Waals surface area contributed by atoms with Gasteiger partial charge in [-0.05, 0) is 12.3 Å². The molecule has 0 spiro atoms. The predicted octanol–water partition coefficient (Wildman–Crippen LogP) is 0.151. The van der Waals surface area contributed by atoms with E-state index in [0.717, 1.165) is 6.42 Å². The minimum atomic E-state index is 0.0843. The molecule has 2 atom stereocenters. The molecule has 0 saturated heterocycles. The minimum absolute atomic E-state index is 0.0843. The van der Waals surface area contributed by atoms with Crippen LogP contribution in [0.25, 0.3) is 0 Å². The molecule has 0 aromatic rings. The van der Waals surface area contributed by atoms with E-state index in [0.29, 0.717) is 5.92 Å². The van der Waals surface area contributed by atoms with E-state index >= 15 is 0 Å². The number of carbonyl (C=O) groups excluding carboxylic acids is 1. The summed E-state index contributed by atoms with van der Waals surface area (Å²) in [5.74, 6) is 5.78. The lowest BCUT2D eigenvalue weighted by atomic mass is 9.92. The molecule has 0 aromatic carbocycles. The van der Waals surface area contributed by atoms with Gasteiger partial charge in [0.1, 0.15) is 0 Å². The van der Waals surface area contributed by atoms with Crippen molar-refractivity contribution < 1.29 is 4.79 Å². The number of hydrogen-bond donors (Lipinski definition) is 2. The van der Waals surface area contributed by atoms with Crippen molar-refractivity contribution in [3.63, 3.8) is 0 Å². The van der Waals surface area contributed by atoms with E-state index in [1.165, 1.54) is 5.57 Å². The third-order valence-electron chi connectivity index (χ3n) is 2.53. The molecular formula is C9H12N2O. The summed E-state index contributed by atoms with van der Waals surface area (Å²) in [6.07, 6.45) is 7.32. The number of ketones is 1. The van der Waals surface area contributed by atoms with Crippen LogP contribution in [0.2, 0.25) is 0 Å². The molecule has 2 rings (SSSR count). The van der Waals surface area contributed by atoms with Gasteiger partial charge in [0.15, 0.2) is 5.78 Å². The van der Waals surface area contributed by atoms with Crippen molar-refractivity contribution in [3.05, 3.63) is 23.8 Å². The first-order chi connectivity index (χ1) is 5.81. The van der Waals surface area contributed by atoms with Crippen LogP contribution in [-0.4, -0.2) is 12.3 Å². The van der Waals surface area contributed by atoms with Gasteiger partial charge in [0, 0.05) is 5.92 Å². The van der Waals surface area contributed by atoms with Crippen LogP contribution in [0.3, 0.4) is 0 Å². The maximum absolute atomic E-state index is 11.4. The molecule has 12 heavy (non-hydrogen) atoms. The Hall–Kier alpha value is -0.930. The summed E-state index contributed by atoms with van der Waals surface area (Å²) in [4.78, 5) is 11.4. The van der Waals surface area contributed by atoms with Crippen molar-refractivity contribution in [1.82, 2.24) is 5.43 Å². The standard InChI is InChI=1S/C9H12N2O/c10-11-5-9(12)8-4-6-1-2-7(8)3-6/h1-2,4,7-8,11H,3,5,10H2. The summed E-state index contributed by atoms with van der Waals surface area (Å²) in [5, 5.41) is 0. The SMILES string of the molecule is NNCC(=O)C1C=C2C=CC1C2. The molecule has 3 nitrogen and oxygen atoms in total. The summed E-state index contributed by atoms with van der Waals surface area (Å²) in [7, 11) is 0. The van der Waals surface area contributed by atoms with E-state index in [1.54, 1.807) is 0 Å². The highest BCUT2D eigenvalue weighted by Crippen LogP contribution is 2.38. The van der Waals surface area contributed by atoms with Crippen molar-refractivity contribution >= 4 is 5.78 Å². The molecule has 2 aliphatic rings. The van der Waals surface area contributed by atoms with Gasteiger partial charge in [0.05, 0.1) is 6.54 Å². The van der Waals surface area contributed by atoms with Crippen molar-refractivity contribution in [2.75, 3.05) is 6.54 Å². The Balaban J connectivity index is 2.05. The normalized spacial score (nSPS) is 30.9. The van der Waals surface area contributed by atoms with Gasteiger partial charge in [-0.3, -0.25) is 16.1 Å². The highest BCUT2D eigenvalue weighted by Gasteiger charge is 2.32. The Morgan fingerprint density at radius 3 is 3.08 bits per heavy atom. The van der Waals surface area contributed by atoms with Crippen LogP contribution in [0.1, 0.15) is 6.42 Å². The van der Waals surface area contributed by atoms with Crippen molar-refractivity contribution in [2.24, 2.45) is 17.7 Å². The van der Waals surface area contributed by atoms with Gasteiger partial charge >= 0.3 is 0 Å². The van der Waals surface area contributed by atoms with Gasteiger partial charge in [-0.15, -0.1) is 0 Å². The fourth-order valence-corrected chi connectivity index (χ4v) is 1.93. The maximum Gasteiger partial charge on any atom is 0.155 e. The van der Waals surface area contributed by atoms with Gasteiger partial charge in [-0.2, -0.15) is 0 Å². The second kappa shape index (κ2) is 2.84. The molecule has 3 N–H and O–H groups in total. The van der Waals surface area contributed by atoms with Crippen LogP contribution in [-0.2, 0) is 4.79 Å². The Morgan fingerprint density at radius 2 is 2.58 bits per heavy atom. The number of rotatable bonds is 3. The Labute approximate surface area is 71.3 Å². The number of nitrogens with two attached hydrogens (primary N) is 1. The zero-order valence-electron chi connectivity index (χ0n) is 6.79. The van der Waals surface area contributed by atoms with E-state index in [1.807, 2.05) is 0 Å². The quantitative estimate of drug-likeness (QED) is 0.461. The zero-order chi connectivity index (χ0) is 8.55. The third-order valence-corrected chi connectivity index (χ3v) is 2.53.